The van der Waals surface area contributed by atoms with Crippen molar-refractivity contribution in [3.63, 3.8) is 0 Å². The molecule has 0 aliphatic carbocycles. The number of nitrogens with one attached hydrogen (secondary N) is 1. The minimum absolute atomic E-state index is 0.127. The third kappa shape index (κ3) is 4.59. The third-order valence-corrected chi connectivity index (χ3v) is 5.17. The summed E-state index contributed by atoms with van der Waals surface area (Å²) in [6.07, 6.45) is 0. The molecule has 1 aromatic rings. The lowest BCUT2D eigenvalue weighted by molar-refractivity contribution is 0.416. The van der Waals surface area contributed by atoms with Crippen molar-refractivity contribution in [3.05, 3.63) is 18.2 Å². The number of nitrogen functional groups attached to an aromatic ring is 1. The van der Waals surface area contributed by atoms with Gasteiger partial charge in [-0.1, -0.05) is 6.92 Å². The first-order valence-electron chi connectivity index (χ1n) is 5.94. The first kappa shape index (κ1) is 16.1. The summed E-state index contributed by atoms with van der Waals surface area (Å²) in [6.45, 7) is 3.88. The lowest BCUT2D eigenvalue weighted by Crippen LogP contribution is -2.34. The maximum absolute atomic E-state index is 12.1. The van der Waals surface area contributed by atoms with Crippen LogP contribution in [0.5, 0.6) is 5.75 Å². The zero-order chi connectivity index (χ0) is 14.5. The van der Waals surface area contributed by atoms with Gasteiger partial charge in [-0.05, 0) is 30.9 Å². The summed E-state index contributed by atoms with van der Waals surface area (Å²) in [5, 5.41) is 0. The number of thioether (sulfide) groups is 1. The van der Waals surface area contributed by atoms with E-state index in [-0.39, 0.29) is 10.9 Å². The lowest BCUT2D eigenvalue weighted by atomic mass is 10.3. The maximum atomic E-state index is 12.1. The van der Waals surface area contributed by atoms with Gasteiger partial charge in [0.25, 0.3) is 0 Å². The Morgan fingerprint density at radius 3 is 2.68 bits per heavy atom. The molecular weight excluding hydrogens is 284 g/mol. The molecule has 0 heterocycles. The van der Waals surface area contributed by atoms with Crippen LogP contribution >= 0.6 is 11.8 Å². The molecule has 1 rings (SSSR count). The average molecular weight is 304 g/mol. The van der Waals surface area contributed by atoms with Crippen molar-refractivity contribution in [2.75, 3.05) is 24.3 Å². The molecule has 1 atom stereocenters. The molecule has 0 bridgehead atoms. The van der Waals surface area contributed by atoms with Crippen molar-refractivity contribution >= 4 is 27.5 Å². The van der Waals surface area contributed by atoms with Gasteiger partial charge in [-0.25, -0.2) is 13.1 Å². The van der Waals surface area contributed by atoms with E-state index in [9.17, 15) is 8.42 Å². The number of rotatable bonds is 7. The summed E-state index contributed by atoms with van der Waals surface area (Å²) >= 11 is 1.69. The van der Waals surface area contributed by atoms with E-state index in [0.29, 0.717) is 11.4 Å². The fourth-order valence-electron chi connectivity index (χ4n) is 1.54. The topological polar surface area (TPSA) is 81.4 Å². The van der Waals surface area contributed by atoms with Crippen molar-refractivity contribution < 1.29 is 13.2 Å². The van der Waals surface area contributed by atoms with Crippen molar-refractivity contribution in [1.29, 1.82) is 0 Å². The van der Waals surface area contributed by atoms with Crippen LogP contribution in [0.4, 0.5) is 5.69 Å². The standard InChI is InChI=1S/C12H20N2O3S2/c1-4-18-8-9(2)14-19(15,16)10-5-6-12(17-3)11(13)7-10/h5-7,9,14H,4,8,13H2,1-3H3. The zero-order valence-corrected chi connectivity index (χ0v) is 13.0. The third-order valence-electron chi connectivity index (χ3n) is 2.44. The van der Waals surface area contributed by atoms with Gasteiger partial charge in [0.1, 0.15) is 5.75 Å². The lowest BCUT2D eigenvalue weighted by Gasteiger charge is -2.14. The molecule has 0 aromatic heterocycles. The van der Waals surface area contributed by atoms with Crippen LogP contribution in [0.1, 0.15) is 13.8 Å². The summed E-state index contributed by atoms with van der Waals surface area (Å²) in [7, 11) is -2.05. The van der Waals surface area contributed by atoms with Crippen LogP contribution in [0.15, 0.2) is 23.1 Å². The van der Waals surface area contributed by atoms with E-state index in [2.05, 4.69) is 4.72 Å². The van der Waals surface area contributed by atoms with Gasteiger partial charge in [-0.15, -0.1) is 0 Å². The van der Waals surface area contributed by atoms with E-state index in [1.807, 2.05) is 13.8 Å². The Hall–Kier alpha value is -0.920. The molecule has 3 N–H and O–H groups in total. The van der Waals surface area contributed by atoms with Crippen LogP contribution < -0.4 is 15.2 Å². The summed E-state index contributed by atoms with van der Waals surface area (Å²) in [5.41, 5.74) is 6.02. The summed E-state index contributed by atoms with van der Waals surface area (Å²) in [5.74, 6) is 2.16. The Labute approximate surface area is 119 Å². The summed E-state index contributed by atoms with van der Waals surface area (Å²) < 4.78 is 31.9. The van der Waals surface area contributed by atoms with Gasteiger partial charge in [-0.3, -0.25) is 0 Å². The van der Waals surface area contributed by atoms with Crippen molar-refractivity contribution in [3.8, 4) is 5.75 Å². The fraction of sp³-hybridized carbons (Fsp3) is 0.500. The second-order valence-electron chi connectivity index (χ2n) is 4.09. The van der Waals surface area contributed by atoms with Crippen LogP contribution in [0, 0.1) is 0 Å². The number of sulfonamides is 1. The number of benzene rings is 1. The van der Waals surface area contributed by atoms with Gasteiger partial charge in [-0.2, -0.15) is 11.8 Å². The molecule has 0 saturated heterocycles. The molecule has 0 aliphatic heterocycles. The first-order valence-corrected chi connectivity index (χ1v) is 8.58. The highest BCUT2D eigenvalue weighted by atomic mass is 32.2. The molecule has 1 aromatic carbocycles. The zero-order valence-electron chi connectivity index (χ0n) is 11.3. The van der Waals surface area contributed by atoms with E-state index in [4.69, 9.17) is 10.5 Å². The molecule has 0 radical (unpaired) electrons. The van der Waals surface area contributed by atoms with E-state index >= 15 is 0 Å². The number of methoxy groups -OCH3 is 1. The van der Waals surface area contributed by atoms with E-state index in [1.165, 1.54) is 19.2 Å². The number of ether oxygens (including phenoxy) is 1. The predicted octanol–water partition coefficient (Wildman–Crippen LogP) is 1.70. The Kier molecular flexibility index (Phi) is 5.96. The Morgan fingerprint density at radius 2 is 2.16 bits per heavy atom. The predicted molar refractivity (Wildman–Crippen MR) is 80.2 cm³/mol. The normalized spacial score (nSPS) is 13.2. The quantitative estimate of drug-likeness (QED) is 0.749. The van der Waals surface area contributed by atoms with Crippen LogP contribution in [-0.2, 0) is 10.0 Å². The van der Waals surface area contributed by atoms with Gasteiger partial charge in [0.2, 0.25) is 10.0 Å². The molecular formula is C12H20N2O3S2. The monoisotopic (exact) mass is 304 g/mol. The van der Waals surface area contributed by atoms with Gasteiger partial charge in [0.15, 0.2) is 0 Å². The van der Waals surface area contributed by atoms with Gasteiger partial charge < -0.3 is 10.5 Å². The molecule has 7 heteroatoms. The molecule has 1 unspecified atom stereocenters. The second-order valence-corrected chi connectivity index (χ2v) is 7.12. The average Bonchev–Trinajstić information content (AvgIpc) is 2.35. The highest BCUT2D eigenvalue weighted by Gasteiger charge is 2.18. The molecule has 108 valence electrons. The maximum Gasteiger partial charge on any atom is 0.240 e. The minimum atomic E-state index is -3.54. The molecule has 5 nitrogen and oxygen atoms in total. The number of anilines is 1. The van der Waals surface area contributed by atoms with Crippen LogP contribution in [0.25, 0.3) is 0 Å². The number of hydrogen-bond acceptors (Lipinski definition) is 5. The second kappa shape index (κ2) is 7.02. The van der Waals surface area contributed by atoms with Crippen molar-refractivity contribution in [2.45, 2.75) is 24.8 Å². The van der Waals surface area contributed by atoms with E-state index in [0.717, 1.165) is 11.5 Å². The Balaban J connectivity index is 2.85. The number of nitrogens with two attached hydrogens (primary N) is 1. The largest absolute Gasteiger partial charge is 0.495 e. The minimum Gasteiger partial charge on any atom is -0.495 e. The molecule has 0 fully saturated rings. The molecule has 0 amide bonds. The highest BCUT2D eigenvalue weighted by Crippen LogP contribution is 2.24. The van der Waals surface area contributed by atoms with Crippen LogP contribution in [0.3, 0.4) is 0 Å². The van der Waals surface area contributed by atoms with Gasteiger partial charge in [0, 0.05) is 11.8 Å². The number of hydrogen-bond donors (Lipinski definition) is 2. The van der Waals surface area contributed by atoms with Gasteiger partial charge in [0.05, 0.1) is 17.7 Å². The molecule has 0 aliphatic rings. The Bertz CT molecular complexity index is 518. The van der Waals surface area contributed by atoms with Crippen LogP contribution in [0.2, 0.25) is 0 Å². The highest BCUT2D eigenvalue weighted by molar-refractivity contribution is 7.99. The van der Waals surface area contributed by atoms with Crippen molar-refractivity contribution in [1.82, 2.24) is 4.72 Å². The van der Waals surface area contributed by atoms with Crippen molar-refractivity contribution in [2.24, 2.45) is 0 Å². The first-order chi connectivity index (χ1) is 8.90. The molecule has 0 spiro atoms. The molecule has 19 heavy (non-hydrogen) atoms. The Morgan fingerprint density at radius 1 is 1.47 bits per heavy atom. The SMILES string of the molecule is CCSCC(C)NS(=O)(=O)c1ccc(OC)c(N)c1. The smallest absolute Gasteiger partial charge is 0.240 e. The van der Waals surface area contributed by atoms with E-state index < -0.39 is 10.0 Å². The summed E-state index contributed by atoms with van der Waals surface area (Å²) in [4.78, 5) is 0.152. The van der Waals surface area contributed by atoms with Crippen LogP contribution in [-0.4, -0.2) is 33.1 Å². The van der Waals surface area contributed by atoms with E-state index in [1.54, 1.807) is 17.8 Å². The fourth-order valence-corrected chi connectivity index (χ4v) is 3.60. The van der Waals surface area contributed by atoms with Gasteiger partial charge >= 0.3 is 0 Å². The molecule has 0 saturated carbocycles. The summed E-state index contributed by atoms with van der Waals surface area (Å²) in [6, 6.07) is 4.31.